The van der Waals surface area contributed by atoms with Gasteiger partial charge in [0, 0.05) is 44.2 Å². The maximum absolute atomic E-state index is 13.4. The lowest BCUT2D eigenvalue weighted by atomic mass is 9.87. The van der Waals surface area contributed by atoms with Gasteiger partial charge in [-0.2, -0.15) is 13.2 Å². The second-order valence-corrected chi connectivity index (χ2v) is 10.5. The summed E-state index contributed by atoms with van der Waals surface area (Å²) in [6.07, 6.45) is 3.30. The molecule has 6 rings (SSSR count). The van der Waals surface area contributed by atoms with Crippen LogP contribution in [0, 0.1) is 5.92 Å². The summed E-state index contributed by atoms with van der Waals surface area (Å²) in [5, 5.41) is 3.20. The van der Waals surface area contributed by atoms with Gasteiger partial charge in [-0.05, 0) is 66.8 Å². The Bertz CT molecular complexity index is 1290. The van der Waals surface area contributed by atoms with Gasteiger partial charge in [0.1, 0.15) is 11.3 Å². The fourth-order valence-corrected chi connectivity index (χ4v) is 6.36. The van der Waals surface area contributed by atoms with E-state index in [9.17, 15) is 18.0 Å². The molecule has 1 aliphatic carbocycles. The first-order chi connectivity index (χ1) is 17.8. The monoisotopic (exact) mass is 513 g/mol. The molecular weight excluding hydrogens is 483 g/mol. The third kappa shape index (κ3) is 4.96. The van der Waals surface area contributed by atoms with Crippen LogP contribution in [-0.2, 0) is 28.5 Å². The molecule has 0 saturated carbocycles. The number of ether oxygens (including phenoxy) is 1. The maximum Gasteiger partial charge on any atom is 0.418 e. The number of carbonyl (C=O) groups excluding carboxylic acids is 1. The number of alkyl halides is 3. The summed E-state index contributed by atoms with van der Waals surface area (Å²) in [5.41, 5.74) is 2.00. The molecule has 3 aromatic rings. The molecule has 0 bridgehead atoms. The molecule has 4 heterocycles. The van der Waals surface area contributed by atoms with Gasteiger partial charge in [0.25, 0.3) is 0 Å². The van der Waals surface area contributed by atoms with E-state index in [1.165, 1.54) is 17.2 Å². The molecule has 0 radical (unpaired) electrons. The van der Waals surface area contributed by atoms with Crippen molar-refractivity contribution in [2.45, 2.75) is 56.3 Å². The van der Waals surface area contributed by atoms with Crippen LogP contribution in [0.15, 0.2) is 36.7 Å². The minimum atomic E-state index is -4.51. The average Bonchev–Trinajstić information content (AvgIpc) is 3.65. The van der Waals surface area contributed by atoms with Crippen molar-refractivity contribution in [1.29, 1.82) is 0 Å². The Labute approximate surface area is 212 Å². The summed E-state index contributed by atoms with van der Waals surface area (Å²) in [4.78, 5) is 26.8. The van der Waals surface area contributed by atoms with Gasteiger partial charge in [-0.25, -0.2) is 4.98 Å². The smallest absolute Gasteiger partial charge is 0.380 e. The van der Waals surface area contributed by atoms with Crippen molar-refractivity contribution in [2.75, 3.05) is 26.3 Å². The summed E-state index contributed by atoms with van der Waals surface area (Å²) >= 11 is 0. The first-order valence-corrected chi connectivity index (χ1v) is 12.9. The number of fused-ring (bicyclic) bond motifs is 2. The molecule has 1 amide bonds. The molecule has 2 N–H and O–H groups in total. The zero-order chi connectivity index (χ0) is 25.6. The lowest BCUT2D eigenvalue weighted by Gasteiger charge is -2.23. The second kappa shape index (κ2) is 9.72. The zero-order valence-corrected chi connectivity index (χ0v) is 20.4. The van der Waals surface area contributed by atoms with Gasteiger partial charge >= 0.3 is 6.18 Å². The number of aromatic nitrogens is 3. The number of nitrogens with zero attached hydrogens (tertiary/aromatic N) is 3. The number of rotatable bonds is 6. The van der Waals surface area contributed by atoms with Crippen LogP contribution in [0.4, 0.5) is 13.2 Å². The number of imidazole rings is 1. The Morgan fingerprint density at radius 2 is 2.11 bits per heavy atom. The highest BCUT2D eigenvalue weighted by Crippen LogP contribution is 2.39. The predicted molar refractivity (Wildman–Crippen MR) is 131 cm³/mol. The quantitative estimate of drug-likeness (QED) is 0.523. The van der Waals surface area contributed by atoms with E-state index >= 15 is 0 Å². The van der Waals surface area contributed by atoms with E-state index in [0.717, 1.165) is 51.4 Å². The molecule has 1 aromatic carbocycles. The molecular formula is C27H30F3N5O2. The highest BCUT2D eigenvalue weighted by Gasteiger charge is 2.40. The number of carbonyl (C=O) groups is 1. The van der Waals surface area contributed by atoms with E-state index in [1.807, 2.05) is 12.4 Å². The third-order valence-electron chi connectivity index (χ3n) is 8.16. The van der Waals surface area contributed by atoms with E-state index < -0.39 is 11.7 Å². The number of likely N-dealkylation sites (tertiary alicyclic amines) is 1. The molecule has 3 aliphatic rings. The molecule has 2 saturated heterocycles. The van der Waals surface area contributed by atoms with Gasteiger partial charge in [0.05, 0.1) is 24.1 Å². The van der Waals surface area contributed by atoms with Gasteiger partial charge in [0.15, 0.2) is 0 Å². The normalized spacial score (nSPS) is 26.1. The summed E-state index contributed by atoms with van der Waals surface area (Å²) < 4.78 is 45.7. The van der Waals surface area contributed by atoms with Crippen LogP contribution in [0.3, 0.4) is 0 Å². The van der Waals surface area contributed by atoms with E-state index in [-0.39, 0.29) is 41.1 Å². The minimum absolute atomic E-state index is 0.0332. The number of aryl methyl sites for hydroxylation is 1. The number of benzene rings is 1. The Kier molecular flexibility index (Phi) is 6.40. The van der Waals surface area contributed by atoms with Crippen molar-refractivity contribution in [3.63, 3.8) is 0 Å². The van der Waals surface area contributed by atoms with E-state index in [4.69, 9.17) is 4.74 Å². The molecule has 10 heteroatoms. The first-order valence-electron chi connectivity index (χ1n) is 12.9. The molecule has 2 aliphatic heterocycles. The number of hydrogen-bond acceptors (Lipinski definition) is 5. The molecule has 37 heavy (non-hydrogen) atoms. The molecule has 4 atom stereocenters. The minimum Gasteiger partial charge on any atom is -0.380 e. The average molecular weight is 514 g/mol. The Balaban J connectivity index is 1.17. The number of nitrogens with one attached hydrogen (secondary N) is 2. The lowest BCUT2D eigenvalue weighted by Crippen LogP contribution is -2.42. The Morgan fingerprint density at radius 1 is 1.22 bits per heavy atom. The molecule has 2 fully saturated rings. The number of pyridine rings is 1. The van der Waals surface area contributed by atoms with Crippen molar-refractivity contribution in [3.05, 3.63) is 59.2 Å². The number of amides is 1. The van der Waals surface area contributed by atoms with Crippen molar-refractivity contribution < 1.29 is 22.7 Å². The van der Waals surface area contributed by atoms with Crippen LogP contribution >= 0.6 is 0 Å². The highest BCUT2D eigenvalue weighted by molar-refractivity contribution is 5.82. The number of H-pyrrole nitrogens is 1. The van der Waals surface area contributed by atoms with Crippen molar-refractivity contribution in [1.82, 2.24) is 25.2 Å². The van der Waals surface area contributed by atoms with E-state index in [2.05, 4.69) is 31.2 Å². The SMILES string of the molecule is O=C(Cc1nc2c(C(F)(F)F)cccc2[nH]1)NC1CN(C2CCOC2)C[C@@H]1CC1CCc2cnccc21. The van der Waals surface area contributed by atoms with Crippen LogP contribution in [-0.4, -0.2) is 64.1 Å². The summed E-state index contributed by atoms with van der Waals surface area (Å²) in [5.74, 6) is 0.722. The van der Waals surface area contributed by atoms with Crippen molar-refractivity contribution in [2.24, 2.45) is 5.92 Å². The van der Waals surface area contributed by atoms with Crippen molar-refractivity contribution in [3.8, 4) is 0 Å². The van der Waals surface area contributed by atoms with Crippen LogP contribution in [0.25, 0.3) is 11.0 Å². The summed E-state index contributed by atoms with van der Waals surface area (Å²) in [6.45, 7) is 3.12. The van der Waals surface area contributed by atoms with Crippen LogP contribution in [0.5, 0.6) is 0 Å². The van der Waals surface area contributed by atoms with Gasteiger partial charge in [-0.3, -0.25) is 14.7 Å². The van der Waals surface area contributed by atoms with E-state index in [0.29, 0.717) is 18.6 Å². The summed E-state index contributed by atoms with van der Waals surface area (Å²) in [6, 6.07) is 6.34. The summed E-state index contributed by atoms with van der Waals surface area (Å²) in [7, 11) is 0. The maximum atomic E-state index is 13.4. The van der Waals surface area contributed by atoms with Gasteiger partial charge in [-0.1, -0.05) is 6.07 Å². The Hall–Kier alpha value is -2.98. The second-order valence-electron chi connectivity index (χ2n) is 10.5. The van der Waals surface area contributed by atoms with Crippen LogP contribution in [0.2, 0.25) is 0 Å². The van der Waals surface area contributed by atoms with Gasteiger partial charge < -0.3 is 15.0 Å². The topological polar surface area (TPSA) is 83.1 Å². The standard InChI is InChI=1S/C27H30F3N5O2/c28-27(29,30)21-2-1-3-22-26(21)34-24(32-22)11-25(36)33-23-14-35(19-7-9-37-15-19)13-18(23)10-16-4-5-17-12-31-8-6-20(16)17/h1-3,6,8,12,16,18-19,23H,4-5,7,9-11,13-15H2,(H,32,34)(H,33,36)/t16?,18-,19?,23?/m0/s1. The number of halogens is 3. The third-order valence-corrected chi connectivity index (χ3v) is 8.16. The predicted octanol–water partition coefficient (Wildman–Crippen LogP) is 3.84. The number of para-hydroxylation sites is 1. The molecule has 3 unspecified atom stereocenters. The fourth-order valence-electron chi connectivity index (χ4n) is 6.36. The van der Waals surface area contributed by atoms with Crippen molar-refractivity contribution >= 4 is 16.9 Å². The Morgan fingerprint density at radius 3 is 2.92 bits per heavy atom. The first kappa shape index (κ1) is 24.4. The van der Waals surface area contributed by atoms with E-state index in [1.54, 1.807) is 6.07 Å². The van der Waals surface area contributed by atoms with Gasteiger partial charge in [-0.15, -0.1) is 0 Å². The largest absolute Gasteiger partial charge is 0.418 e. The van der Waals surface area contributed by atoms with Crippen LogP contribution < -0.4 is 5.32 Å². The lowest BCUT2D eigenvalue weighted by molar-refractivity contribution is -0.136. The molecule has 2 aromatic heterocycles. The van der Waals surface area contributed by atoms with Crippen LogP contribution in [0.1, 0.15) is 47.7 Å². The molecule has 196 valence electrons. The zero-order valence-electron chi connectivity index (χ0n) is 20.4. The number of aromatic amines is 1. The highest BCUT2D eigenvalue weighted by atomic mass is 19.4. The molecule has 0 spiro atoms. The molecule has 7 nitrogen and oxygen atoms in total. The fraction of sp³-hybridized carbons (Fsp3) is 0.519. The van der Waals surface area contributed by atoms with Gasteiger partial charge in [0.2, 0.25) is 5.91 Å². The number of hydrogen-bond donors (Lipinski definition) is 2.